The summed E-state index contributed by atoms with van der Waals surface area (Å²) in [6.45, 7) is 13.4. The van der Waals surface area contributed by atoms with Gasteiger partial charge in [-0.25, -0.2) is 0 Å². The third-order valence-electron chi connectivity index (χ3n) is 13.8. The van der Waals surface area contributed by atoms with E-state index in [1.807, 2.05) is 0 Å². The van der Waals surface area contributed by atoms with Crippen LogP contribution in [0.3, 0.4) is 0 Å². The first-order chi connectivity index (χ1) is 21.3. The lowest BCUT2D eigenvalue weighted by molar-refractivity contribution is -0.233. The molecule has 0 amide bonds. The summed E-state index contributed by atoms with van der Waals surface area (Å²) in [5.74, 6) is 1.66. The lowest BCUT2D eigenvalue weighted by Crippen LogP contribution is -2.63. The Morgan fingerprint density at radius 3 is 2.18 bits per heavy atom. The van der Waals surface area contributed by atoms with Crippen LogP contribution in [0, 0.1) is 22.7 Å². The minimum atomic E-state index is -0.752. The highest BCUT2D eigenvalue weighted by molar-refractivity contribution is 5.38. The highest BCUT2D eigenvalue weighted by atomic mass is 16.5. The Hall–Kier alpha value is -1.44. The predicted octanol–water partition coefficient (Wildman–Crippen LogP) is 6.56. The highest BCUT2D eigenvalue weighted by Gasteiger charge is 2.72. The van der Waals surface area contributed by atoms with Crippen molar-refractivity contribution in [3.8, 4) is 5.75 Å². The molecule has 2 saturated heterocycles. The first-order valence-corrected chi connectivity index (χ1v) is 18.1. The van der Waals surface area contributed by atoms with E-state index in [0.29, 0.717) is 18.6 Å². The molecule has 7 atom stereocenters. The molecular formula is C38H58N2O4. The molecule has 2 heterocycles. The van der Waals surface area contributed by atoms with Gasteiger partial charge in [0.25, 0.3) is 0 Å². The van der Waals surface area contributed by atoms with Crippen molar-refractivity contribution in [1.82, 2.24) is 9.80 Å². The Bertz CT molecular complexity index is 1180. The zero-order chi connectivity index (χ0) is 30.4. The Morgan fingerprint density at radius 1 is 0.818 bits per heavy atom. The monoisotopic (exact) mass is 606 g/mol. The maximum Gasteiger partial charge on any atom is 0.118 e. The fourth-order valence-corrected chi connectivity index (χ4v) is 11.1. The number of hydrogen-bond donors (Lipinski definition) is 1. The number of rotatable bonds is 10. The van der Waals surface area contributed by atoms with Crippen LogP contribution in [0.4, 0.5) is 0 Å². The molecule has 1 N–H and O–H groups in total. The quantitative estimate of drug-likeness (QED) is 0.305. The second kappa shape index (κ2) is 12.3. The van der Waals surface area contributed by atoms with E-state index >= 15 is 0 Å². The van der Waals surface area contributed by atoms with E-state index in [2.05, 4.69) is 54.0 Å². The van der Waals surface area contributed by atoms with Gasteiger partial charge in [-0.2, -0.15) is 0 Å². The van der Waals surface area contributed by atoms with E-state index in [4.69, 9.17) is 14.2 Å². The van der Waals surface area contributed by atoms with E-state index in [9.17, 15) is 5.11 Å². The van der Waals surface area contributed by atoms with Crippen LogP contribution in [0.2, 0.25) is 0 Å². The van der Waals surface area contributed by atoms with Gasteiger partial charge in [0.15, 0.2) is 0 Å². The Morgan fingerprint density at radius 2 is 1.50 bits per heavy atom. The molecule has 4 aliphatic carbocycles. The molecular weight excluding hydrogens is 548 g/mol. The summed E-state index contributed by atoms with van der Waals surface area (Å²) in [7, 11) is 1.73. The summed E-state index contributed by atoms with van der Waals surface area (Å²) in [6, 6.07) is 8.58. The molecule has 0 aromatic heterocycles. The van der Waals surface area contributed by atoms with E-state index in [1.54, 1.807) is 12.7 Å². The van der Waals surface area contributed by atoms with Crippen molar-refractivity contribution >= 4 is 0 Å². The summed E-state index contributed by atoms with van der Waals surface area (Å²) >= 11 is 0. The standard InChI is InChI=1S/C38H58N2O4/c1-35-16-14-32(43-26-24-39-20-4-5-21-39)28-30(35)10-13-34-33(35)15-17-36(2)37(34,41)18-19-38(36,29-8-11-31(42-3)12-9-29)44-27-25-40-22-6-7-23-40/h8-12,32-34,41H,4-7,13-28H2,1-3H3/t32-,33-,34+,35-,36-,37-,38-/m0/s1. The van der Waals surface area contributed by atoms with Gasteiger partial charge in [-0.1, -0.05) is 37.6 Å². The molecule has 0 bridgehead atoms. The molecule has 0 spiro atoms. The summed E-state index contributed by atoms with van der Waals surface area (Å²) < 4.78 is 19.2. The van der Waals surface area contributed by atoms with Crippen molar-refractivity contribution in [2.75, 3.05) is 59.6 Å². The third-order valence-corrected chi connectivity index (χ3v) is 13.8. The largest absolute Gasteiger partial charge is 0.497 e. The van der Waals surface area contributed by atoms with Crippen molar-refractivity contribution in [3.63, 3.8) is 0 Å². The van der Waals surface area contributed by atoms with Gasteiger partial charge in [-0.3, -0.25) is 0 Å². The molecule has 2 aliphatic heterocycles. The number of benzene rings is 1. The molecule has 1 aromatic rings. The summed E-state index contributed by atoms with van der Waals surface area (Å²) in [4.78, 5) is 5.10. The fraction of sp³-hybridized carbons (Fsp3) is 0.789. The maximum atomic E-state index is 13.1. The van der Waals surface area contributed by atoms with Crippen molar-refractivity contribution in [2.24, 2.45) is 22.7 Å². The molecule has 0 radical (unpaired) electrons. The van der Waals surface area contributed by atoms with E-state index < -0.39 is 11.2 Å². The second-order valence-electron chi connectivity index (χ2n) is 15.6. The lowest BCUT2D eigenvalue weighted by Gasteiger charge is -2.63. The first kappa shape index (κ1) is 31.2. The minimum Gasteiger partial charge on any atom is -0.497 e. The minimum absolute atomic E-state index is 0.163. The van der Waals surface area contributed by atoms with Crippen LogP contribution in [0.5, 0.6) is 5.75 Å². The molecule has 44 heavy (non-hydrogen) atoms. The van der Waals surface area contributed by atoms with Crippen molar-refractivity contribution in [2.45, 2.75) is 108 Å². The number of fused-ring (bicyclic) bond motifs is 5. The first-order valence-electron chi connectivity index (χ1n) is 18.1. The Kier molecular flexibility index (Phi) is 8.71. The van der Waals surface area contributed by atoms with Gasteiger partial charge < -0.3 is 29.1 Å². The topological polar surface area (TPSA) is 54.4 Å². The van der Waals surface area contributed by atoms with E-state index in [-0.39, 0.29) is 16.7 Å². The van der Waals surface area contributed by atoms with Gasteiger partial charge in [0.2, 0.25) is 0 Å². The average Bonchev–Trinajstić information content (AvgIpc) is 3.80. The van der Waals surface area contributed by atoms with Crippen molar-refractivity contribution < 1.29 is 19.3 Å². The van der Waals surface area contributed by atoms with Crippen LogP contribution >= 0.6 is 0 Å². The van der Waals surface area contributed by atoms with Gasteiger partial charge in [-0.05, 0) is 138 Å². The molecule has 244 valence electrons. The molecule has 7 rings (SSSR count). The van der Waals surface area contributed by atoms with Gasteiger partial charge in [-0.15, -0.1) is 0 Å². The number of nitrogens with zero attached hydrogens (tertiary/aromatic N) is 2. The molecule has 0 unspecified atom stereocenters. The van der Waals surface area contributed by atoms with E-state index in [1.165, 1.54) is 63.8 Å². The Labute approximate surface area is 266 Å². The van der Waals surface area contributed by atoms with Crippen LogP contribution in [0.25, 0.3) is 0 Å². The van der Waals surface area contributed by atoms with Crippen molar-refractivity contribution in [1.29, 1.82) is 0 Å². The van der Waals surface area contributed by atoms with Gasteiger partial charge in [0.1, 0.15) is 11.4 Å². The predicted molar refractivity (Wildman–Crippen MR) is 175 cm³/mol. The lowest BCUT2D eigenvalue weighted by atomic mass is 9.45. The zero-order valence-electron chi connectivity index (χ0n) is 27.8. The smallest absolute Gasteiger partial charge is 0.118 e. The van der Waals surface area contributed by atoms with Crippen LogP contribution in [-0.4, -0.2) is 86.2 Å². The van der Waals surface area contributed by atoms with Crippen LogP contribution in [0.1, 0.15) is 96.5 Å². The van der Waals surface area contributed by atoms with Crippen molar-refractivity contribution in [3.05, 3.63) is 41.5 Å². The third kappa shape index (κ3) is 5.10. The molecule has 1 aromatic carbocycles. The molecule has 5 fully saturated rings. The second-order valence-corrected chi connectivity index (χ2v) is 15.6. The molecule has 6 nitrogen and oxygen atoms in total. The molecule has 6 heteroatoms. The summed E-state index contributed by atoms with van der Waals surface area (Å²) in [5, 5.41) is 13.1. The molecule has 3 saturated carbocycles. The Balaban J connectivity index is 1.11. The average molecular weight is 607 g/mol. The van der Waals surface area contributed by atoms with Crippen LogP contribution in [0.15, 0.2) is 35.9 Å². The number of aliphatic hydroxyl groups is 1. The van der Waals surface area contributed by atoms with Gasteiger partial charge in [0.05, 0.1) is 32.0 Å². The summed E-state index contributed by atoms with van der Waals surface area (Å²) in [5.41, 5.74) is 1.39. The zero-order valence-corrected chi connectivity index (χ0v) is 27.8. The van der Waals surface area contributed by atoms with Gasteiger partial charge in [0, 0.05) is 18.5 Å². The number of ether oxygens (including phenoxy) is 3. The number of likely N-dealkylation sites (tertiary alicyclic amines) is 2. The number of allylic oxidation sites excluding steroid dienone is 1. The maximum absolute atomic E-state index is 13.1. The van der Waals surface area contributed by atoms with E-state index in [0.717, 1.165) is 70.4 Å². The van der Waals surface area contributed by atoms with Crippen LogP contribution < -0.4 is 4.74 Å². The molecule has 6 aliphatic rings. The fourth-order valence-electron chi connectivity index (χ4n) is 11.1. The number of hydrogen-bond acceptors (Lipinski definition) is 6. The normalized spacial score (nSPS) is 40.8. The highest BCUT2D eigenvalue weighted by Crippen LogP contribution is 2.71. The number of methoxy groups -OCH3 is 1. The summed E-state index contributed by atoms with van der Waals surface area (Å²) in [6.07, 6.45) is 16.4. The SMILES string of the molecule is COc1ccc([C@@]2(OCCN3CCCC3)CC[C@]3(O)[C@@H]4CC=C5C[C@@H](OCCN6CCCC6)CC[C@]5(C)[C@H]4CC[C@]23C)cc1. The van der Waals surface area contributed by atoms with Gasteiger partial charge >= 0.3 is 0 Å². The van der Waals surface area contributed by atoms with Crippen LogP contribution in [-0.2, 0) is 15.1 Å².